The van der Waals surface area contributed by atoms with Crippen LogP contribution < -0.4 is 0 Å². The van der Waals surface area contributed by atoms with Crippen LogP contribution in [0.15, 0.2) is 4.42 Å². The third-order valence-electron chi connectivity index (χ3n) is 2.24. The molecule has 0 aromatic carbocycles. The number of furan rings is 1. The highest BCUT2D eigenvalue weighted by Gasteiger charge is 2.22. The Labute approximate surface area is 79.9 Å². The summed E-state index contributed by atoms with van der Waals surface area (Å²) >= 11 is 0. The predicted molar refractivity (Wildman–Crippen MR) is 49.4 cm³/mol. The lowest BCUT2D eigenvalue weighted by Crippen LogP contribution is -1.97. The van der Waals surface area contributed by atoms with Gasteiger partial charge in [0.1, 0.15) is 11.3 Å². The quantitative estimate of drug-likeness (QED) is 0.746. The molecule has 14 heavy (non-hydrogen) atoms. The van der Waals surface area contributed by atoms with Crippen molar-refractivity contribution in [3.8, 4) is 0 Å². The maximum atomic E-state index is 11.0. The number of carbonyl (C=O) groups is 1. The van der Waals surface area contributed by atoms with Gasteiger partial charge in [0.05, 0.1) is 11.1 Å². The van der Waals surface area contributed by atoms with Crippen LogP contribution >= 0.6 is 0 Å². The highest BCUT2D eigenvalue weighted by atomic mass is 16.4. The van der Waals surface area contributed by atoms with Crippen LogP contribution in [0.4, 0.5) is 0 Å². The van der Waals surface area contributed by atoms with Crippen molar-refractivity contribution >= 4 is 17.1 Å². The van der Waals surface area contributed by atoms with Gasteiger partial charge in [-0.1, -0.05) is 0 Å². The van der Waals surface area contributed by atoms with E-state index >= 15 is 0 Å². The molecule has 5 heteroatoms. The maximum Gasteiger partial charge on any atom is 0.340 e. The Morgan fingerprint density at radius 1 is 1.50 bits per heavy atom. The zero-order valence-corrected chi connectivity index (χ0v) is 8.16. The standard InChI is InChI=1S/C9H10N2O3/c1-4-6-7(9(12)13)5(2)14-8(6)11(3)10-4/h1-3H3,(H,12,13). The first-order chi connectivity index (χ1) is 6.52. The molecular formula is C9H10N2O3. The van der Waals surface area contributed by atoms with E-state index in [0.717, 1.165) is 0 Å². The summed E-state index contributed by atoms with van der Waals surface area (Å²) in [6.45, 7) is 3.41. The number of aromatic carboxylic acids is 1. The SMILES string of the molecule is Cc1oc2c(c(C)nn2C)c1C(=O)O. The second-order valence-corrected chi connectivity index (χ2v) is 3.23. The number of hydrogen-bond donors (Lipinski definition) is 1. The van der Waals surface area contributed by atoms with Crippen LogP contribution in [0, 0.1) is 13.8 Å². The molecule has 0 saturated carbocycles. The summed E-state index contributed by atoms with van der Waals surface area (Å²) in [5, 5.41) is 13.7. The number of carboxylic acid groups (broad SMARTS) is 1. The average molecular weight is 194 g/mol. The Morgan fingerprint density at radius 3 is 2.71 bits per heavy atom. The van der Waals surface area contributed by atoms with Gasteiger partial charge >= 0.3 is 5.97 Å². The molecule has 1 N–H and O–H groups in total. The molecule has 0 aliphatic carbocycles. The maximum absolute atomic E-state index is 11.0. The summed E-state index contributed by atoms with van der Waals surface area (Å²) in [5.41, 5.74) is 1.40. The smallest absolute Gasteiger partial charge is 0.340 e. The lowest BCUT2D eigenvalue weighted by Gasteiger charge is -1.90. The first-order valence-electron chi connectivity index (χ1n) is 4.18. The number of hydrogen-bond acceptors (Lipinski definition) is 3. The van der Waals surface area contributed by atoms with E-state index in [-0.39, 0.29) is 5.56 Å². The number of aromatic nitrogens is 2. The van der Waals surface area contributed by atoms with Crippen molar-refractivity contribution < 1.29 is 14.3 Å². The van der Waals surface area contributed by atoms with Crippen LogP contribution in [0.1, 0.15) is 21.8 Å². The Bertz CT molecular complexity index is 522. The summed E-state index contributed by atoms with van der Waals surface area (Å²) in [5.74, 6) is -0.555. The first-order valence-corrected chi connectivity index (χ1v) is 4.18. The van der Waals surface area contributed by atoms with E-state index in [0.29, 0.717) is 22.6 Å². The van der Waals surface area contributed by atoms with Crippen molar-refractivity contribution in [1.29, 1.82) is 0 Å². The van der Waals surface area contributed by atoms with Gasteiger partial charge in [0.2, 0.25) is 5.71 Å². The lowest BCUT2D eigenvalue weighted by atomic mass is 10.1. The minimum absolute atomic E-state index is 0.214. The summed E-state index contributed by atoms with van der Waals surface area (Å²) in [4.78, 5) is 11.0. The molecule has 0 aliphatic rings. The minimum atomic E-state index is -0.975. The fraction of sp³-hybridized carbons (Fsp3) is 0.333. The summed E-state index contributed by atoms with van der Waals surface area (Å²) in [6, 6.07) is 0. The second-order valence-electron chi connectivity index (χ2n) is 3.23. The first kappa shape index (κ1) is 8.80. The average Bonchev–Trinajstić information content (AvgIpc) is 2.52. The van der Waals surface area contributed by atoms with Crippen molar-refractivity contribution in [2.75, 3.05) is 0 Å². The minimum Gasteiger partial charge on any atom is -0.478 e. The molecule has 0 unspecified atom stereocenters. The van der Waals surface area contributed by atoms with Gasteiger partial charge in [0.15, 0.2) is 0 Å². The van der Waals surface area contributed by atoms with E-state index < -0.39 is 5.97 Å². The van der Waals surface area contributed by atoms with Crippen LogP contribution in [0.2, 0.25) is 0 Å². The van der Waals surface area contributed by atoms with Crippen LogP contribution in [0.3, 0.4) is 0 Å². The van der Waals surface area contributed by atoms with Gasteiger partial charge in [-0.05, 0) is 13.8 Å². The topological polar surface area (TPSA) is 68.3 Å². The zero-order chi connectivity index (χ0) is 10.5. The van der Waals surface area contributed by atoms with E-state index in [1.807, 2.05) is 0 Å². The van der Waals surface area contributed by atoms with Gasteiger partial charge in [0.25, 0.3) is 0 Å². The molecule has 2 heterocycles. The molecule has 0 saturated heterocycles. The van der Waals surface area contributed by atoms with Crippen molar-refractivity contribution in [2.45, 2.75) is 13.8 Å². The van der Waals surface area contributed by atoms with Crippen LogP contribution in [-0.4, -0.2) is 20.9 Å². The second kappa shape index (κ2) is 2.60. The highest BCUT2D eigenvalue weighted by molar-refractivity contribution is 6.03. The lowest BCUT2D eigenvalue weighted by molar-refractivity contribution is 0.0697. The van der Waals surface area contributed by atoms with Gasteiger partial charge in [-0.15, -0.1) is 0 Å². The van der Waals surface area contributed by atoms with E-state index in [1.165, 1.54) is 0 Å². The summed E-state index contributed by atoms with van der Waals surface area (Å²) < 4.78 is 6.88. The fourth-order valence-corrected chi connectivity index (χ4v) is 1.67. The van der Waals surface area contributed by atoms with Gasteiger partial charge in [0, 0.05) is 7.05 Å². The van der Waals surface area contributed by atoms with Crippen molar-refractivity contribution in [3.05, 3.63) is 17.0 Å². The monoisotopic (exact) mass is 194 g/mol. The normalized spacial score (nSPS) is 11.1. The molecule has 2 rings (SSSR count). The van der Waals surface area contributed by atoms with E-state index in [2.05, 4.69) is 5.10 Å². The highest BCUT2D eigenvalue weighted by Crippen LogP contribution is 2.27. The molecule has 0 fully saturated rings. The van der Waals surface area contributed by atoms with E-state index in [1.54, 1.807) is 25.6 Å². The van der Waals surface area contributed by atoms with E-state index in [4.69, 9.17) is 9.52 Å². The zero-order valence-electron chi connectivity index (χ0n) is 8.16. The Hall–Kier alpha value is -1.78. The third-order valence-corrected chi connectivity index (χ3v) is 2.24. The molecule has 0 amide bonds. The molecule has 74 valence electrons. The number of aryl methyl sites for hydroxylation is 3. The Balaban J connectivity index is 2.93. The van der Waals surface area contributed by atoms with Crippen molar-refractivity contribution in [3.63, 3.8) is 0 Å². The van der Waals surface area contributed by atoms with Crippen LogP contribution in [0.5, 0.6) is 0 Å². The largest absolute Gasteiger partial charge is 0.478 e. The Kier molecular flexibility index (Phi) is 1.64. The molecule has 0 aliphatic heterocycles. The number of rotatable bonds is 1. The van der Waals surface area contributed by atoms with Crippen LogP contribution in [0.25, 0.3) is 11.1 Å². The van der Waals surface area contributed by atoms with Gasteiger partial charge in [-0.25, -0.2) is 9.48 Å². The Morgan fingerprint density at radius 2 is 2.14 bits per heavy atom. The molecule has 0 atom stereocenters. The fourth-order valence-electron chi connectivity index (χ4n) is 1.67. The molecule has 0 radical (unpaired) electrons. The van der Waals surface area contributed by atoms with Crippen LogP contribution in [-0.2, 0) is 7.05 Å². The predicted octanol–water partition coefficient (Wildman–Crippen LogP) is 1.48. The molecule has 5 nitrogen and oxygen atoms in total. The number of fused-ring (bicyclic) bond motifs is 1. The number of carboxylic acids is 1. The third kappa shape index (κ3) is 0.951. The van der Waals surface area contributed by atoms with Gasteiger partial charge < -0.3 is 9.52 Å². The van der Waals surface area contributed by atoms with Crippen molar-refractivity contribution in [2.24, 2.45) is 7.05 Å². The summed E-state index contributed by atoms with van der Waals surface area (Å²) in [7, 11) is 1.73. The summed E-state index contributed by atoms with van der Waals surface area (Å²) in [6.07, 6.45) is 0. The molecule has 2 aromatic rings. The van der Waals surface area contributed by atoms with Crippen molar-refractivity contribution in [1.82, 2.24) is 9.78 Å². The van der Waals surface area contributed by atoms with Gasteiger partial charge in [-0.2, -0.15) is 5.10 Å². The molecular weight excluding hydrogens is 184 g/mol. The molecule has 0 bridgehead atoms. The van der Waals surface area contributed by atoms with E-state index in [9.17, 15) is 4.79 Å². The molecule has 0 spiro atoms. The number of nitrogens with zero attached hydrogens (tertiary/aromatic N) is 2. The molecule has 2 aromatic heterocycles. The van der Waals surface area contributed by atoms with Gasteiger partial charge in [-0.3, -0.25) is 0 Å².